The van der Waals surface area contributed by atoms with Gasteiger partial charge in [0.05, 0.1) is 16.7 Å². The second kappa shape index (κ2) is 7.29. The third-order valence-corrected chi connectivity index (χ3v) is 6.94. The summed E-state index contributed by atoms with van der Waals surface area (Å²) in [7, 11) is 1.37. The lowest BCUT2D eigenvalue weighted by Crippen LogP contribution is -2.53. The van der Waals surface area contributed by atoms with E-state index in [-0.39, 0.29) is 11.9 Å². The molecule has 0 aliphatic heterocycles. The zero-order valence-electron chi connectivity index (χ0n) is 14.8. The lowest BCUT2D eigenvalue weighted by Gasteiger charge is -2.26. The minimum absolute atomic E-state index is 0.216. The first-order chi connectivity index (χ1) is 12.0. The molecule has 0 radical (unpaired) electrons. The maximum absolute atomic E-state index is 12.7. The summed E-state index contributed by atoms with van der Waals surface area (Å²) in [6.45, 7) is 6.02. The van der Waals surface area contributed by atoms with Crippen molar-refractivity contribution in [2.24, 2.45) is 0 Å². The van der Waals surface area contributed by atoms with Crippen molar-refractivity contribution < 1.29 is 14.3 Å². The highest BCUT2D eigenvalue weighted by Crippen LogP contribution is 2.36. The highest BCUT2D eigenvalue weighted by molar-refractivity contribution is 7.29. The number of fused-ring (bicyclic) bond motifs is 1. The van der Waals surface area contributed by atoms with Crippen molar-refractivity contribution >= 4 is 49.2 Å². The van der Waals surface area contributed by atoms with Crippen molar-refractivity contribution in [1.29, 1.82) is 0 Å². The number of anilines is 1. The van der Waals surface area contributed by atoms with Crippen LogP contribution in [0, 0.1) is 0 Å². The van der Waals surface area contributed by atoms with Crippen LogP contribution in [-0.4, -0.2) is 42.6 Å². The molecule has 1 aliphatic carbocycles. The van der Waals surface area contributed by atoms with Gasteiger partial charge in [0.2, 0.25) is 0 Å². The molecule has 3 rings (SSSR count). The summed E-state index contributed by atoms with van der Waals surface area (Å²) >= 11 is 2.97. The monoisotopic (exact) mass is 381 g/mol. The van der Waals surface area contributed by atoms with E-state index in [2.05, 4.69) is 29.0 Å². The number of hydrogen-bond donors (Lipinski definition) is 1. The van der Waals surface area contributed by atoms with Gasteiger partial charge in [0.15, 0.2) is 5.13 Å². The van der Waals surface area contributed by atoms with Gasteiger partial charge in [-0.1, -0.05) is 24.2 Å². The minimum atomic E-state index is -0.872. The minimum Gasteiger partial charge on any atom is -0.467 e. The Morgan fingerprint density at radius 1 is 1.28 bits per heavy atom. The van der Waals surface area contributed by atoms with Crippen LogP contribution in [0.4, 0.5) is 5.13 Å². The van der Waals surface area contributed by atoms with E-state index in [1.54, 1.807) is 11.3 Å². The standard InChI is InChI=1S/C17H23N3O3S2/c1-4-20(5-2)16-18-14-12(25-16)10-11(24-14)13(21)19-17(15(22)23-3)8-6-7-9-17/h10H,4-9H2,1-3H3,(H,19,21). The Morgan fingerprint density at radius 3 is 2.52 bits per heavy atom. The average molecular weight is 382 g/mol. The molecule has 0 atom stereocenters. The molecule has 1 saturated carbocycles. The predicted octanol–water partition coefficient (Wildman–Crippen LogP) is 3.42. The number of thiazole rings is 1. The first-order valence-corrected chi connectivity index (χ1v) is 10.2. The number of ether oxygens (including phenoxy) is 1. The summed E-state index contributed by atoms with van der Waals surface area (Å²) in [5.41, 5.74) is -0.872. The van der Waals surface area contributed by atoms with Crippen LogP contribution < -0.4 is 10.2 Å². The molecule has 1 fully saturated rings. The van der Waals surface area contributed by atoms with Crippen LogP contribution in [0.1, 0.15) is 49.2 Å². The van der Waals surface area contributed by atoms with Gasteiger partial charge in [-0.05, 0) is 32.8 Å². The molecule has 0 spiro atoms. The maximum atomic E-state index is 12.7. The Labute approximate surface area is 155 Å². The number of hydrogen-bond acceptors (Lipinski definition) is 7. The topological polar surface area (TPSA) is 71.5 Å². The smallest absolute Gasteiger partial charge is 0.331 e. The van der Waals surface area contributed by atoms with Gasteiger partial charge in [0.1, 0.15) is 10.4 Å². The molecule has 2 aromatic heterocycles. The van der Waals surface area contributed by atoms with Gasteiger partial charge in [-0.3, -0.25) is 4.79 Å². The molecule has 1 N–H and O–H groups in total. The van der Waals surface area contributed by atoms with E-state index in [0.29, 0.717) is 17.7 Å². The first kappa shape index (κ1) is 18.1. The zero-order valence-corrected chi connectivity index (χ0v) is 16.4. The number of rotatable bonds is 6. The normalized spacial score (nSPS) is 16.1. The van der Waals surface area contributed by atoms with E-state index >= 15 is 0 Å². The number of amides is 1. The Kier molecular flexibility index (Phi) is 5.29. The third-order valence-electron chi connectivity index (χ3n) is 4.72. The highest BCUT2D eigenvalue weighted by Gasteiger charge is 2.43. The van der Waals surface area contributed by atoms with Gasteiger partial charge in [0.25, 0.3) is 5.91 Å². The summed E-state index contributed by atoms with van der Waals surface area (Å²) in [5.74, 6) is -0.564. The van der Waals surface area contributed by atoms with Crippen LogP contribution >= 0.6 is 22.7 Å². The summed E-state index contributed by atoms with van der Waals surface area (Å²) in [5, 5.41) is 3.92. The van der Waals surface area contributed by atoms with Crippen molar-refractivity contribution in [1.82, 2.24) is 10.3 Å². The number of carbonyl (C=O) groups is 2. The molecule has 6 nitrogen and oxygen atoms in total. The van der Waals surface area contributed by atoms with Crippen LogP contribution in [0.15, 0.2) is 6.07 Å². The lowest BCUT2D eigenvalue weighted by atomic mass is 9.97. The summed E-state index contributed by atoms with van der Waals surface area (Å²) in [6, 6.07) is 1.87. The molecule has 8 heteroatoms. The molecule has 0 bridgehead atoms. The Balaban J connectivity index is 1.80. The van der Waals surface area contributed by atoms with Gasteiger partial charge >= 0.3 is 5.97 Å². The zero-order chi connectivity index (χ0) is 18.0. The Morgan fingerprint density at radius 2 is 1.96 bits per heavy atom. The number of carbonyl (C=O) groups excluding carboxylic acids is 2. The molecule has 2 heterocycles. The molecular formula is C17H23N3O3S2. The van der Waals surface area contributed by atoms with Gasteiger partial charge in [0, 0.05) is 13.1 Å². The van der Waals surface area contributed by atoms with Crippen LogP contribution in [-0.2, 0) is 9.53 Å². The fraction of sp³-hybridized carbons (Fsp3) is 0.588. The number of nitrogens with zero attached hydrogens (tertiary/aromatic N) is 2. The van der Waals surface area contributed by atoms with Gasteiger partial charge in [-0.25, -0.2) is 9.78 Å². The van der Waals surface area contributed by atoms with E-state index in [4.69, 9.17) is 4.74 Å². The summed E-state index contributed by atoms with van der Waals surface area (Å²) in [4.78, 5) is 33.2. The second-order valence-electron chi connectivity index (χ2n) is 6.18. The number of esters is 1. The molecule has 0 saturated heterocycles. The fourth-order valence-corrected chi connectivity index (χ4v) is 5.53. The molecule has 25 heavy (non-hydrogen) atoms. The molecule has 0 unspecified atom stereocenters. The molecule has 1 aliphatic rings. The average Bonchev–Trinajstić information content (AvgIpc) is 3.30. The Bertz CT molecular complexity index is 742. The second-order valence-corrected chi connectivity index (χ2v) is 8.22. The number of nitrogens with one attached hydrogen (secondary N) is 1. The molecule has 1 amide bonds. The van der Waals surface area contributed by atoms with Gasteiger partial charge in [-0.15, -0.1) is 11.3 Å². The quantitative estimate of drug-likeness (QED) is 0.776. The SMILES string of the molecule is CCN(CC)c1nc2sc(C(=O)NC3(C(=O)OC)CCCC3)cc2s1. The van der Waals surface area contributed by atoms with Crippen LogP contribution in [0.2, 0.25) is 0 Å². The Hall–Kier alpha value is -1.67. The highest BCUT2D eigenvalue weighted by atomic mass is 32.1. The van der Waals surface area contributed by atoms with Crippen molar-refractivity contribution in [2.75, 3.05) is 25.1 Å². The van der Waals surface area contributed by atoms with Crippen molar-refractivity contribution in [3.05, 3.63) is 10.9 Å². The summed E-state index contributed by atoms with van der Waals surface area (Å²) < 4.78 is 5.93. The van der Waals surface area contributed by atoms with E-state index < -0.39 is 5.54 Å². The van der Waals surface area contributed by atoms with Crippen molar-refractivity contribution in [3.8, 4) is 0 Å². The third kappa shape index (κ3) is 3.37. The van der Waals surface area contributed by atoms with Crippen molar-refractivity contribution in [3.63, 3.8) is 0 Å². The van der Waals surface area contributed by atoms with Crippen LogP contribution in [0.5, 0.6) is 0 Å². The fourth-order valence-electron chi connectivity index (χ4n) is 3.30. The molecular weight excluding hydrogens is 358 g/mol. The van der Waals surface area contributed by atoms with Crippen LogP contribution in [0.3, 0.4) is 0 Å². The maximum Gasteiger partial charge on any atom is 0.331 e. The number of methoxy groups -OCH3 is 1. The van der Waals surface area contributed by atoms with Gasteiger partial charge < -0.3 is 15.0 Å². The number of thiophene rings is 1. The van der Waals surface area contributed by atoms with Crippen LogP contribution in [0.25, 0.3) is 9.53 Å². The first-order valence-electron chi connectivity index (χ1n) is 8.59. The molecule has 2 aromatic rings. The largest absolute Gasteiger partial charge is 0.467 e. The predicted molar refractivity (Wildman–Crippen MR) is 102 cm³/mol. The molecule has 0 aromatic carbocycles. The number of aromatic nitrogens is 1. The van der Waals surface area contributed by atoms with Crippen molar-refractivity contribution in [2.45, 2.75) is 45.1 Å². The molecule has 136 valence electrons. The van der Waals surface area contributed by atoms with Gasteiger partial charge in [-0.2, -0.15) is 0 Å². The van der Waals surface area contributed by atoms with E-state index in [9.17, 15) is 9.59 Å². The van der Waals surface area contributed by atoms with E-state index in [1.807, 2.05) is 6.07 Å². The summed E-state index contributed by atoms with van der Waals surface area (Å²) in [6.07, 6.45) is 3.11. The van der Waals surface area contributed by atoms with E-state index in [0.717, 1.165) is 40.6 Å². The lowest BCUT2D eigenvalue weighted by molar-refractivity contribution is -0.148. The van der Waals surface area contributed by atoms with E-state index in [1.165, 1.54) is 18.4 Å².